The molecule has 1 amide bonds. The first kappa shape index (κ1) is 15.1. The minimum atomic E-state index is -0.650. The Morgan fingerprint density at radius 2 is 2.00 bits per heavy atom. The molecule has 2 aromatic carbocycles. The molecule has 0 heterocycles. The summed E-state index contributed by atoms with van der Waals surface area (Å²) >= 11 is 0. The summed E-state index contributed by atoms with van der Waals surface area (Å²) in [5.41, 5.74) is 2.32. The second-order valence-corrected chi connectivity index (χ2v) is 5.36. The summed E-state index contributed by atoms with van der Waals surface area (Å²) in [6.07, 6.45) is -0.128. The first-order valence-electron chi connectivity index (χ1n) is 7.36. The van der Waals surface area contributed by atoms with Crippen LogP contribution in [0.4, 0.5) is 0 Å². The topological polar surface area (TPSA) is 82.3 Å². The lowest BCUT2D eigenvalue weighted by Gasteiger charge is -2.19. The fourth-order valence-electron chi connectivity index (χ4n) is 2.86. The zero-order valence-corrected chi connectivity index (χ0v) is 12.4. The van der Waals surface area contributed by atoms with Crippen LogP contribution >= 0.6 is 0 Å². The zero-order chi connectivity index (χ0) is 16.2. The fraction of sp³-hybridized carbons (Fsp3) is 0.222. The van der Waals surface area contributed by atoms with Gasteiger partial charge in [0.2, 0.25) is 0 Å². The maximum atomic E-state index is 12.6. The van der Waals surface area contributed by atoms with Gasteiger partial charge in [0, 0.05) is 6.42 Å². The standard InChI is InChI=1S/C18H16N2O3/c19-9-10-23-16-8-4-3-7-14(16)18(22)20-17-13-6-2-1-5-12(13)11-15(17)21/h1-8,15,17,21H,10-11H2,(H,20,22)/t15-,17+/m0/s1. The smallest absolute Gasteiger partial charge is 0.255 e. The largest absolute Gasteiger partial charge is 0.478 e. The lowest BCUT2D eigenvalue weighted by Crippen LogP contribution is -2.34. The van der Waals surface area contributed by atoms with E-state index in [0.717, 1.165) is 11.1 Å². The van der Waals surface area contributed by atoms with Crippen LogP contribution in [0.15, 0.2) is 48.5 Å². The van der Waals surface area contributed by atoms with Gasteiger partial charge in [0.1, 0.15) is 11.8 Å². The van der Waals surface area contributed by atoms with Gasteiger partial charge >= 0.3 is 0 Å². The average Bonchev–Trinajstić information content (AvgIpc) is 2.89. The number of aliphatic hydroxyl groups excluding tert-OH is 1. The van der Waals surface area contributed by atoms with Crippen molar-refractivity contribution in [3.05, 3.63) is 65.2 Å². The number of hydrogen-bond acceptors (Lipinski definition) is 4. The molecule has 1 aliphatic rings. The Morgan fingerprint density at radius 3 is 2.83 bits per heavy atom. The number of benzene rings is 2. The number of aliphatic hydroxyl groups is 1. The summed E-state index contributed by atoms with van der Waals surface area (Å²) in [7, 11) is 0. The molecule has 2 atom stereocenters. The Kier molecular flexibility index (Phi) is 4.26. The molecule has 0 saturated heterocycles. The Morgan fingerprint density at radius 1 is 1.26 bits per heavy atom. The van der Waals surface area contributed by atoms with Crippen LogP contribution in [0.1, 0.15) is 27.5 Å². The highest BCUT2D eigenvalue weighted by atomic mass is 16.5. The number of carbonyl (C=O) groups is 1. The first-order valence-corrected chi connectivity index (χ1v) is 7.36. The molecule has 0 fully saturated rings. The molecular weight excluding hydrogens is 292 g/mol. The highest BCUT2D eigenvalue weighted by Crippen LogP contribution is 2.32. The monoisotopic (exact) mass is 308 g/mol. The lowest BCUT2D eigenvalue weighted by atomic mass is 10.1. The highest BCUT2D eigenvalue weighted by molar-refractivity contribution is 5.97. The number of carbonyl (C=O) groups excluding carboxylic acids is 1. The van der Waals surface area contributed by atoms with Gasteiger partial charge in [-0.2, -0.15) is 5.26 Å². The molecule has 116 valence electrons. The number of fused-ring (bicyclic) bond motifs is 1. The van der Waals surface area contributed by atoms with Crippen LogP contribution in [-0.4, -0.2) is 23.7 Å². The molecule has 5 heteroatoms. The van der Waals surface area contributed by atoms with E-state index in [0.29, 0.717) is 17.7 Å². The zero-order valence-electron chi connectivity index (χ0n) is 12.4. The van der Waals surface area contributed by atoms with E-state index < -0.39 is 12.1 Å². The van der Waals surface area contributed by atoms with Crippen molar-refractivity contribution in [2.75, 3.05) is 6.61 Å². The molecular formula is C18H16N2O3. The van der Waals surface area contributed by atoms with Crippen molar-refractivity contribution in [3.63, 3.8) is 0 Å². The van der Waals surface area contributed by atoms with Gasteiger partial charge in [-0.15, -0.1) is 0 Å². The third-order valence-corrected chi connectivity index (χ3v) is 3.91. The minimum absolute atomic E-state index is 0.126. The summed E-state index contributed by atoms with van der Waals surface area (Å²) in [6.45, 7) is -0.126. The molecule has 0 saturated carbocycles. The van der Waals surface area contributed by atoms with Gasteiger partial charge in [-0.05, 0) is 23.3 Å². The first-order chi connectivity index (χ1) is 11.2. The summed E-state index contributed by atoms with van der Waals surface area (Å²) in [5.74, 6) is 0.0200. The van der Waals surface area contributed by atoms with Gasteiger partial charge in [-0.3, -0.25) is 4.79 Å². The predicted octanol–water partition coefficient (Wildman–Crippen LogP) is 1.98. The summed E-state index contributed by atoms with van der Waals surface area (Å²) in [4.78, 5) is 12.6. The molecule has 0 unspecified atom stereocenters. The molecule has 23 heavy (non-hydrogen) atoms. The van der Waals surface area contributed by atoms with Crippen LogP contribution < -0.4 is 10.1 Å². The number of ether oxygens (including phenoxy) is 1. The molecule has 0 bridgehead atoms. The SMILES string of the molecule is N#CCOc1ccccc1C(=O)N[C@@H]1c2ccccc2C[C@@H]1O. The van der Waals surface area contributed by atoms with Crippen molar-refractivity contribution in [1.82, 2.24) is 5.32 Å². The van der Waals surface area contributed by atoms with Crippen LogP contribution in [-0.2, 0) is 6.42 Å². The van der Waals surface area contributed by atoms with Crippen LogP contribution in [0.3, 0.4) is 0 Å². The highest BCUT2D eigenvalue weighted by Gasteiger charge is 2.32. The number of rotatable bonds is 4. The normalized spacial score (nSPS) is 18.8. The molecule has 0 spiro atoms. The van der Waals surface area contributed by atoms with E-state index in [-0.39, 0.29) is 12.5 Å². The molecule has 2 N–H and O–H groups in total. The molecule has 5 nitrogen and oxygen atoms in total. The number of hydrogen-bond donors (Lipinski definition) is 2. The fourth-order valence-corrected chi connectivity index (χ4v) is 2.86. The summed E-state index contributed by atoms with van der Waals surface area (Å²) in [6, 6.07) is 15.9. The van der Waals surface area contributed by atoms with Gasteiger partial charge < -0.3 is 15.2 Å². The van der Waals surface area contributed by atoms with Gasteiger partial charge in [0.05, 0.1) is 17.7 Å². The molecule has 0 aliphatic heterocycles. The second kappa shape index (κ2) is 6.51. The van der Waals surface area contributed by atoms with E-state index in [1.54, 1.807) is 24.3 Å². The molecule has 1 aliphatic carbocycles. The van der Waals surface area contributed by atoms with Gasteiger partial charge in [0.15, 0.2) is 6.61 Å². The van der Waals surface area contributed by atoms with Crippen molar-refractivity contribution in [1.29, 1.82) is 5.26 Å². The van der Waals surface area contributed by atoms with Crippen molar-refractivity contribution < 1.29 is 14.6 Å². The van der Waals surface area contributed by atoms with E-state index >= 15 is 0 Å². The maximum Gasteiger partial charge on any atom is 0.255 e. The van der Waals surface area contributed by atoms with Crippen LogP contribution in [0.2, 0.25) is 0 Å². The Balaban J connectivity index is 1.82. The van der Waals surface area contributed by atoms with Crippen LogP contribution in [0.25, 0.3) is 0 Å². The molecule has 0 radical (unpaired) electrons. The van der Waals surface area contributed by atoms with Crippen LogP contribution in [0.5, 0.6) is 5.75 Å². The van der Waals surface area contributed by atoms with E-state index in [1.165, 1.54) is 0 Å². The number of nitrogens with one attached hydrogen (secondary N) is 1. The van der Waals surface area contributed by atoms with Gasteiger partial charge in [0.25, 0.3) is 5.91 Å². The quantitative estimate of drug-likeness (QED) is 0.905. The van der Waals surface area contributed by atoms with Crippen molar-refractivity contribution in [2.45, 2.75) is 18.6 Å². The Bertz CT molecular complexity index is 767. The Labute approximate surface area is 134 Å². The minimum Gasteiger partial charge on any atom is -0.478 e. The number of nitriles is 1. The predicted molar refractivity (Wildman–Crippen MR) is 83.9 cm³/mol. The average molecular weight is 308 g/mol. The number of para-hydroxylation sites is 1. The van der Waals surface area contributed by atoms with E-state index in [2.05, 4.69) is 5.32 Å². The second-order valence-electron chi connectivity index (χ2n) is 5.36. The molecule has 3 rings (SSSR count). The van der Waals surface area contributed by atoms with Crippen molar-refractivity contribution >= 4 is 5.91 Å². The van der Waals surface area contributed by atoms with Crippen LogP contribution in [0, 0.1) is 11.3 Å². The summed E-state index contributed by atoms with van der Waals surface area (Å²) in [5, 5.41) is 21.7. The third kappa shape index (κ3) is 3.03. The van der Waals surface area contributed by atoms with Gasteiger partial charge in [-0.25, -0.2) is 0 Å². The van der Waals surface area contributed by atoms with Crippen molar-refractivity contribution in [3.8, 4) is 11.8 Å². The van der Waals surface area contributed by atoms with E-state index in [1.807, 2.05) is 30.3 Å². The summed E-state index contributed by atoms with van der Waals surface area (Å²) < 4.78 is 5.28. The van der Waals surface area contributed by atoms with Gasteiger partial charge in [-0.1, -0.05) is 36.4 Å². The Hall–Kier alpha value is -2.84. The number of amides is 1. The molecule has 0 aromatic heterocycles. The van der Waals surface area contributed by atoms with Crippen molar-refractivity contribution in [2.24, 2.45) is 0 Å². The molecule has 2 aromatic rings. The lowest BCUT2D eigenvalue weighted by molar-refractivity contribution is 0.0855. The number of nitrogens with zero attached hydrogens (tertiary/aromatic N) is 1. The third-order valence-electron chi connectivity index (χ3n) is 3.91. The van der Waals surface area contributed by atoms with E-state index in [4.69, 9.17) is 10.00 Å². The maximum absolute atomic E-state index is 12.6. The van der Waals surface area contributed by atoms with E-state index in [9.17, 15) is 9.90 Å².